The van der Waals surface area contributed by atoms with E-state index in [0.29, 0.717) is 18.4 Å². The van der Waals surface area contributed by atoms with Gasteiger partial charge >= 0.3 is 5.97 Å². The summed E-state index contributed by atoms with van der Waals surface area (Å²) in [5.74, 6) is 0.623. The molecule has 3 nitrogen and oxygen atoms in total. The Labute approximate surface area is 133 Å². The summed E-state index contributed by atoms with van der Waals surface area (Å²) in [4.78, 5) is 11.1. The lowest BCUT2D eigenvalue weighted by Crippen LogP contribution is -2.32. The molecule has 1 aromatic rings. The number of ether oxygens (including phenoxy) is 1. The van der Waals surface area contributed by atoms with Crippen molar-refractivity contribution in [2.45, 2.75) is 51.1 Å². The highest BCUT2D eigenvalue weighted by atomic mass is 35.5. The lowest BCUT2D eigenvalue weighted by Gasteiger charge is -2.29. The van der Waals surface area contributed by atoms with Crippen LogP contribution in [0.4, 0.5) is 0 Å². The van der Waals surface area contributed by atoms with E-state index in [-0.39, 0.29) is 18.4 Å². The van der Waals surface area contributed by atoms with Crippen LogP contribution in [-0.4, -0.2) is 19.1 Å². The molecule has 21 heavy (non-hydrogen) atoms. The second-order valence-electron chi connectivity index (χ2n) is 5.70. The summed E-state index contributed by atoms with van der Waals surface area (Å²) in [6, 6.07) is 11.2. The number of hydrogen-bond donors (Lipinski definition) is 1. The van der Waals surface area contributed by atoms with Crippen molar-refractivity contribution in [3.05, 3.63) is 35.9 Å². The number of benzene rings is 1. The Morgan fingerprint density at radius 1 is 1.19 bits per heavy atom. The Kier molecular flexibility index (Phi) is 8.40. The normalized spacial score (nSPS) is 21.4. The first-order valence-electron chi connectivity index (χ1n) is 7.62. The number of carbonyl (C=O) groups excluding carboxylic acids is 1. The van der Waals surface area contributed by atoms with Crippen LogP contribution >= 0.6 is 12.4 Å². The Balaban J connectivity index is 0.00000220. The average Bonchev–Trinajstić information content (AvgIpc) is 2.52. The molecule has 0 spiro atoms. The molecule has 0 saturated heterocycles. The summed E-state index contributed by atoms with van der Waals surface area (Å²) in [7, 11) is 1.47. The minimum absolute atomic E-state index is 0. The van der Waals surface area contributed by atoms with Crippen molar-refractivity contribution >= 4 is 18.4 Å². The number of nitrogens with one attached hydrogen (secondary N) is 1. The third kappa shape index (κ3) is 6.49. The summed E-state index contributed by atoms with van der Waals surface area (Å²) in [6.07, 6.45) is 6.45. The molecule has 1 aromatic carbocycles. The lowest BCUT2D eigenvalue weighted by molar-refractivity contribution is -0.141. The van der Waals surface area contributed by atoms with Crippen molar-refractivity contribution in [2.24, 2.45) is 5.92 Å². The van der Waals surface area contributed by atoms with E-state index in [9.17, 15) is 4.79 Å². The van der Waals surface area contributed by atoms with Crippen LogP contribution in [-0.2, 0) is 16.1 Å². The monoisotopic (exact) mass is 311 g/mol. The zero-order chi connectivity index (χ0) is 14.2. The fraction of sp³-hybridized carbons (Fsp3) is 0.588. The molecule has 0 aromatic heterocycles. The zero-order valence-corrected chi connectivity index (χ0v) is 13.5. The molecule has 0 heterocycles. The van der Waals surface area contributed by atoms with Crippen molar-refractivity contribution in [1.29, 1.82) is 0 Å². The van der Waals surface area contributed by atoms with Gasteiger partial charge in [0.25, 0.3) is 0 Å². The van der Waals surface area contributed by atoms with Crippen LogP contribution in [0.3, 0.4) is 0 Å². The molecule has 0 bridgehead atoms. The van der Waals surface area contributed by atoms with Gasteiger partial charge in [-0.3, -0.25) is 4.79 Å². The summed E-state index contributed by atoms with van der Waals surface area (Å²) < 4.78 is 4.70. The average molecular weight is 312 g/mol. The SMILES string of the molecule is COC(=O)CC[C@H]1CC[C@H](NCc2ccccc2)CC1.Cl. The molecule has 0 atom stereocenters. The van der Waals surface area contributed by atoms with E-state index in [1.807, 2.05) is 0 Å². The van der Waals surface area contributed by atoms with Crippen LogP contribution in [0.2, 0.25) is 0 Å². The van der Waals surface area contributed by atoms with Gasteiger partial charge in [-0.2, -0.15) is 0 Å². The standard InChI is InChI=1S/C17H25NO2.ClH/c1-20-17(19)12-9-14-7-10-16(11-8-14)18-13-15-5-3-2-4-6-15;/h2-6,14,16,18H,7-13H2,1H3;1H/t14-,16-;. The first-order valence-corrected chi connectivity index (χ1v) is 7.62. The molecule has 1 aliphatic rings. The van der Waals surface area contributed by atoms with Crippen molar-refractivity contribution in [3.63, 3.8) is 0 Å². The van der Waals surface area contributed by atoms with Crippen LogP contribution in [0.25, 0.3) is 0 Å². The van der Waals surface area contributed by atoms with E-state index in [4.69, 9.17) is 4.74 Å². The van der Waals surface area contributed by atoms with Crippen LogP contribution in [0.15, 0.2) is 30.3 Å². The third-order valence-electron chi connectivity index (χ3n) is 4.27. The Bertz CT molecular complexity index is 403. The van der Waals surface area contributed by atoms with Crippen LogP contribution in [0, 0.1) is 5.92 Å². The maximum Gasteiger partial charge on any atom is 0.305 e. The van der Waals surface area contributed by atoms with Gasteiger partial charge in [-0.15, -0.1) is 12.4 Å². The van der Waals surface area contributed by atoms with E-state index in [1.165, 1.54) is 38.4 Å². The van der Waals surface area contributed by atoms with E-state index >= 15 is 0 Å². The Morgan fingerprint density at radius 2 is 1.86 bits per heavy atom. The van der Waals surface area contributed by atoms with Crippen LogP contribution in [0.5, 0.6) is 0 Å². The molecule has 1 saturated carbocycles. The summed E-state index contributed by atoms with van der Waals surface area (Å²) in [5.41, 5.74) is 1.35. The summed E-state index contributed by atoms with van der Waals surface area (Å²) >= 11 is 0. The largest absolute Gasteiger partial charge is 0.469 e. The van der Waals surface area contributed by atoms with Gasteiger partial charge in [-0.05, 0) is 43.6 Å². The van der Waals surface area contributed by atoms with Crippen LogP contribution in [0.1, 0.15) is 44.1 Å². The van der Waals surface area contributed by atoms with Crippen molar-refractivity contribution < 1.29 is 9.53 Å². The number of hydrogen-bond acceptors (Lipinski definition) is 3. The maximum absolute atomic E-state index is 11.1. The summed E-state index contributed by atoms with van der Waals surface area (Å²) in [6.45, 7) is 0.957. The number of esters is 1. The summed E-state index contributed by atoms with van der Waals surface area (Å²) in [5, 5.41) is 3.64. The molecular formula is C17H26ClNO2. The molecule has 118 valence electrons. The minimum atomic E-state index is -0.0747. The molecule has 0 amide bonds. The number of methoxy groups -OCH3 is 1. The van der Waals surface area contributed by atoms with Gasteiger partial charge in [0.15, 0.2) is 0 Å². The topological polar surface area (TPSA) is 38.3 Å². The van der Waals surface area contributed by atoms with Gasteiger partial charge in [0.05, 0.1) is 7.11 Å². The second kappa shape index (κ2) is 9.80. The molecule has 2 rings (SSSR count). The highest BCUT2D eigenvalue weighted by molar-refractivity contribution is 5.85. The van der Waals surface area contributed by atoms with Crippen molar-refractivity contribution in [1.82, 2.24) is 5.32 Å². The Hall–Kier alpha value is -1.06. The number of carbonyl (C=O) groups is 1. The molecule has 1 fully saturated rings. The molecule has 0 aliphatic heterocycles. The van der Waals surface area contributed by atoms with Crippen molar-refractivity contribution in [3.8, 4) is 0 Å². The lowest BCUT2D eigenvalue weighted by atomic mass is 9.83. The zero-order valence-electron chi connectivity index (χ0n) is 12.7. The van der Waals surface area contributed by atoms with Crippen molar-refractivity contribution in [2.75, 3.05) is 7.11 Å². The number of halogens is 1. The first-order chi connectivity index (χ1) is 9.78. The molecular weight excluding hydrogens is 286 g/mol. The molecule has 0 unspecified atom stereocenters. The molecule has 1 aliphatic carbocycles. The van der Waals surface area contributed by atoms with Crippen LogP contribution < -0.4 is 5.32 Å². The van der Waals surface area contributed by atoms with E-state index < -0.39 is 0 Å². The van der Waals surface area contributed by atoms with Gasteiger partial charge < -0.3 is 10.1 Å². The highest BCUT2D eigenvalue weighted by Crippen LogP contribution is 2.28. The van der Waals surface area contributed by atoms with Gasteiger partial charge in [-0.1, -0.05) is 30.3 Å². The Morgan fingerprint density at radius 3 is 2.48 bits per heavy atom. The maximum atomic E-state index is 11.1. The fourth-order valence-electron chi connectivity index (χ4n) is 2.94. The van der Waals surface area contributed by atoms with E-state index in [0.717, 1.165) is 13.0 Å². The second-order valence-corrected chi connectivity index (χ2v) is 5.70. The van der Waals surface area contributed by atoms with Gasteiger partial charge in [0, 0.05) is 19.0 Å². The minimum Gasteiger partial charge on any atom is -0.469 e. The first kappa shape index (κ1) is 18.0. The number of rotatable bonds is 6. The quantitative estimate of drug-likeness (QED) is 0.814. The molecule has 4 heteroatoms. The van der Waals surface area contributed by atoms with Gasteiger partial charge in [0.1, 0.15) is 0 Å². The fourth-order valence-corrected chi connectivity index (χ4v) is 2.94. The van der Waals surface area contributed by atoms with E-state index in [2.05, 4.69) is 35.6 Å². The van der Waals surface area contributed by atoms with Gasteiger partial charge in [0.2, 0.25) is 0 Å². The van der Waals surface area contributed by atoms with Gasteiger partial charge in [-0.25, -0.2) is 0 Å². The molecule has 1 N–H and O–H groups in total. The highest BCUT2D eigenvalue weighted by Gasteiger charge is 2.21. The smallest absolute Gasteiger partial charge is 0.305 e. The van der Waals surface area contributed by atoms with E-state index in [1.54, 1.807) is 0 Å². The predicted molar refractivity (Wildman–Crippen MR) is 87.5 cm³/mol. The molecule has 0 radical (unpaired) electrons. The predicted octanol–water partition coefficient (Wildman–Crippen LogP) is 3.71. The third-order valence-corrected chi connectivity index (χ3v) is 4.27.